The smallest absolute Gasteiger partial charge is 0.226 e. The highest BCUT2D eigenvalue weighted by atomic mass is 32.2. The Morgan fingerprint density at radius 2 is 2.00 bits per heavy atom. The zero-order chi connectivity index (χ0) is 16.7. The van der Waals surface area contributed by atoms with Gasteiger partial charge in [-0.1, -0.05) is 0 Å². The Morgan fingerprint density at radius 1 is 1.21 bits per heavy atom. The molecule has 132 valence electrons. The predicted molar refractivity (Wildman–Crippen MR) is 89.1 cm³/mol. The highest BCUT2D eigenvalue weighted by Crippen LogP contribution is 2.27. The summed E-state index contributed by atoms with van der Waals surface area (Å²) >= 11 is 0. The van der Waals surface area contributed by atoms with E-state index in [1.807, 2.05) is 4.90 Å². The van der Waals surface area contributed by atoms with Gasteiger partial charge in [-0.05, 0) is 32.4 Å². The van der Waals surface area contributed by atoms with Gasteiger partial charge in [-0.25, -0.2) is 13.4 Å². The van der Waals surface area contributed by atoms with Crippen LogP contribution in [0.15, 0.2) is 6.33 Å². The first-order valence-electron chi connectivity index (χ1n) is 8.76. The molecule has 0 unspecified atom stereocenters. The van der Waals surface area contributed by atoms with E-state index < -0.39 is 9.84 Å². The second-order valence-electron chi connectivity index (χ2n) is 7.20. The van der Waals surface area contributed by atoms with Crippen LogP contribution in [0.2, 0.25) is 0 Å². The van der Waals surface area contributed by atoms with Crippen LogP contribution in [0.5, 0.6) is 0 Å². The van der Waals surface area contributed by atoms with Crippen LogP contribution in [0, 0.1) is 5.92 Å². The van der Waals surface area contributed by atoms with E-state index in [0.29, 0.717) is 18.1 Å². The summed E-state index contributed by atoms with van der Waals surface area (Å²) in [7, 11) is -2.84. The Labute approximate surface area is 142 Å². The van der Waals surface area contributed by atoms with Gasteiger partial charge < -0.3 is 9.88 Å². The van der Waals surface area contributed by atoms with Crippen molar-refractivity contribution in [2.75, 3.05) is 31.1 Å². The standard InChI is InChI=1S/C16H24N4O3S/c21-16(20-7-3-14-15(9-20)18-11-17-14)12-1-5-19(6-2-12)13-4-8-24(22,23)10-13/h11-13H,1-10H2,(H,17,18)/t13-/m0/s1. The molecule has 2 saturated heterocycles. The zero-order valence-corrected chi connectivity index (χ0v) is 14.6. The molecule has 3 aliphatic rings. The minimum atomic E-state index is -2.84. The molecule has 0 radical (unpaired) electrons. The molecule has 1 atom stereocenters. The maximum Gasteiger partial charge on any atom is 0.226 e. The number of sulfone groups is 1. The number of rotatable bonds is 2. The van der Waals surface area contributed by atoms with Crippen LogP contribution in [0.3, 0.4) is 0 Å². The number of aromatic nitrogens is 2. The first-order valence-corrected chi connectivity index (χ1v) is 10.6. The lowest BCUT2D eigenvalue weighted by molar-refractivity contribution is -0.138. The number of aromatic amines is 1. The van der Waals surface area contributed by atoms with Crippen molar-refractivity contribution < 1.29 is 13.2 Å². The third kappa shape index (κ3) is 3.09. The number of carbonyl (C=O) groups excluding carboxylic acids is 1. The van der Waals surface area contributed by atoms with E-state index in [1.165, 1.54) is 0 Å². The van der Waals surface area contributed by atoms with Crippen LogP contribution < -0.4 is 0 Å². The molecule has 7 nitrogen and oxygen atoms in total. The number of hydrogen-bond donors (Lipinski definition) is 1. The van der Waals surface area contributed by atoms with E-state index in [9.17, 15) is 13.2 Å². The lowest BCUT2D eigenvalue weighted by Gasteiger charge is -2.37. The molecule has 8 heteroatoms. The summed E-state index contributed by atoms with van der Waals surface area (Å²) in [6, 6.07) is 0.161. The van der Waals surface area contributed by atoms with Crippen molar-refractivity contribution in [1.82, 2.24) is 19.8 Å². The Morgan fingerprint density at radius 3 is 2.71 bits per heavy atom. The first kappa shape index (κ1) is 16.1. The lowest BCUT2D eigenvalue weighted by Crippen LogP contribution is -2.47. The number of imidazole rings is 1. The number of nitrogens with one attached hydrogen (secondary N) is 1. The summed E-state index contributed by atoms with van der Waals surface area (Å²) in [6.07, 6.45) is 4.94. The number of likely N-dealkylation sites (tertiary alicyclic amines) is 1. The molecule has 0 bridgehead atoms. The van der Waals surface area contributed by atoms with Gasteiger partial charge in [0, 0.05) is 24.9 Å². The number of amides is 1. The quantitative estimate of drug-likeness (QED) is 0.821. The molecule has 0 saturated carbocycles. The second kappa shape index (κ2) is 6.15. The minimum Gasteiger partial charge on any atom is -0.347 e. The molecular formula is C16H24N4O3S. The Bertz CT molecular complexity index is 721. The maximum atomic E-state index is 12.8. The molecule has 24 heavy (non-hydrogen) atoms. The fraction of sp³-hybridized carbons (Fsp3) is 0.750. The normalized spacial score (nSPS) is 28.0. The molecule has 0 aromatic carbocycles. The highest BCUT2D eigenvalue weighted by molar-refractivity contribution is 7.91. The van der Waals surface area contributed by atoms with E-state index in [2.05, 4.69) is 14.9 Å². The monoisotopic (exact) mass is 352 g/mol. The molecule has 3 aliphatic heterocycles. The van der Waals surface area contributed by atoms with Gasteiger partial charge in [-0.2, -0.15) is 0 Å². The number of hydrogen-bond acceptors (Lipinski definition) is 5. The van der Waals surface area contributed by atoms with Crippen molar-refractivity contribution in [1.29, 1.82) is 0 Å². The first-order chi connectivity index (χ1) is 11.5. The largest absolute Gasteiger partial charge is 0.347 e. The summed E-state index contributed by atoms with van der Waals surface area (Å²) in [5, 5.41) is 0. The molecule has 0 aliphatic carbocycles. The lowest BCUT2D eigenvalue weighted by atomic mass is 9.93. The molecule has 4 rings (SSSR count). The van der Waals surface area contributed by atoms with Gasteiger partial charge in [0.25, 0.3) is 0 Å². The van der Waals surface area contributed by atoms with Crippen LogP contribution in [0.25, 0.3) is 0 Å². The molecular weight excluding hydrogens is 328 g/mol. The minimum absolute atomic E-state index is 0.0729. The topological polar surface area (TPSA) is 86.4 Å². The summed E-state index contributed by atoms with van der Waals surface area (Å²) < 4.78 is 23.3. The molecule has 0 spiro atoms. The molecule has 4 heterocycles. The van der Waals surface area contributed by atoms with Gasteiger partial charge in [0.1, 0.15) is 0 Å². The van der Waals surface area contributed by atoms with Crippen LogP contribution in [0.1, 0.15) is 30.7 Å². The van der Waals surface area contributed by atoms with Gasteiger partial charge in [0.05, 0.1) is 35.8 Å². The summed E-state index contributed by atoms with van der Waals surface area (Å²) in [6.45, 7) is 3.05. The number of carbonyl (C=O) groups is 1. The number of H-pyrrole nitrogens is 1. The van der Waals surface area contributed by atoms with Crippen LogP contribution >= 0.6 is 0 Å². The SMILES string of the molecule is O=C(C1CCN([C@H]2CCS(=O)(=O)C2)CC1)N1CCc2nc[nH]c2C1. The van der Waals surface area contributed by atoms with Gasteiger partial charge in [-0.15, -0.1) is 0 Å². The third-order valence-electron chi connectivity index (χ3n) is 5.69. The van der Waals surface area contributed by atoms with Gasteiger partial charge in [-0.3, -0.25) is 9.69 Å². The van der Waals surface area contributed by atoms with Crippen molar-refractivity contribution >= 4 is 15.7 Å². The number of piperidine rings is 1. The molecule has 1 aromatic heterocycles. The van der Waals surface area contributed by atoms with E-state index in [0.717, 1.165) is 56.7 Å². The van der Waals surface area contributed by atoms with Crippen molar-refractivity contribution in [3.05, 3.63) is 17.7 Å². The van der Waals surface area contributed by atoms with Crippen molar-refractivity contribution in [3.63, 3.8) is 0 Å². The van der Waals surface area contributed by atoms with E-state index in [1.54, 1.807) is 6.33 Å². The molecule has 1 amide bonds. The summed E-state index contributed by atoms with van der Waals surface area (Å²) in [4.78, 5) is 24.4. The number of fused-ring (bicyclic) bond motifs is 1. The van der Waals surface area contributed by atoms with Crippen molar-refractivity contribution in [2.24, 2.45) is 5.92 Å². The molecule has 2 fully saturated rings. The fourth-order valence-electron chi connectivity index (χ4n) is 4.23. The van der Waals surface area contributed by atoms with Crippen molar-refractivity contribution in [2.45, 2.75) is 38.3 Å². The Kier molecular flexibility index (Phi) is 4.12. The highest BCUT2D eigenvalue weighted by Gasteiger charge is 2.36. The maximum absolute atomic E-state index is 12.8. The molecule has 1 N–H and O–H groups in total. The van der Waals surface area contributed by atoms with Gasteiger partial charge >= 0.3 is 0 Å². The predicted octanol–water partition coefficient (Wildman–Crippen LogP) is 0.194. The average Bonchev–Trinajstić information content (AvgIpc) is 3.19. The van der Waals surface area contributed by atoms with E-state index >= 15 is 0 Å². The van der Waals surface area contributed by atoms with E-state index in [-0.39, 0.29) is 17.9 Å². The summed E-state index contributed by atoms with van der Waals surface area (Å²) in [5.74, 6) is 0.926. The fourth-order valence-corrected chi connectivity index (χ4v) is 6.00. The third-order valence-corrected chi connectivity index (χ3v) is 7.44. The van der Waals surface area contributed by atoms with E-state index in [4.69, 9.17) is 0 Å². The van der Waals surface area contributed by atoms with Crippen molar-refractivity contribution in [3.8, 4) is 0 Å². The Balaban J connectivity index is 1.32. The van der Waals surface area contributed by atoms with Crippen LogP contribution in [-0.4, -0.2) is 71.3 Å². The van der Waals surface area contributed by atoms with Crippen LogP contribution in [0.4, 0.5) is 0 Å². The molecule has 1 aromatic rings. The van der Waals surface area contributed by atoms with Gasteiger partial charge in [0.2, 0.25) is 5.91 Å². The average molecular weight is 352 g/mol. The van der Waals surface area contributed by atoms with Crippen LogP contribution in [-0.2, 0) is 27.6 Å². The Hall–Kier alpha value is -1.41. The second-order valence-corrected chi connectivity index (χ2v) is 9.43. The number of nitrogens with zero attached hydrogens (tertiary/aromatic N) is 3. The zero-order valence-electron chi connectivity index (χ0n) is 13.8. The van der Waals surface area contributed by atoms with Gasteiger partial charge in [0.15, 0.2) is 9.84 Å². The summed E-state index contributed by atoms with van der Waals surface area (Å²) in [5.41, 5.74) is 2.14.